The van der Waals surface area contributed by atoms with Crippen molar-refractivity contribution < 1.29 is 0 Å². The van der Waals surface area contributed by atoms with E-state index in [4.69, 9.17) is 4.98 Å². The van der Waals surface area contributed by atoms with Crippen LogP contribution in [-0.4, -0.2) is 40.1 Å². The maximum atomic E-state index is 13.7. The summed E-state index contributed by atoms with van der Waals surface area (Å²) in [5, 5.41) is 14.3. The maximum absolute atomic E-state index is 13.7. The van der Waals surface area contributed by atoms with Gasteiger partial charge in [0.25, 0.3) is 5.56 Å². The lowest BCUT2D eigenvalue weighted by Crippen LogP contribution is -2.29. The Bertz CT molecular complexity index is 1510. The predicted octanol–water partition coefficient (Wildman–Crippen LogP) is 4.11. The van der Waals surface area contributed by atoms with Crippen molar-refractivity contribution in [2.24, 2.45) is 0 Å². The third-order valence-corrected chi connectivity index (χ3v) is 6.12. The average Bonchev–Trinajstić information content (AvgIpc) is 3.45. The van der Waals surface area contributed by atoms with Crippen molar-refractivity contribution in [3.8, 4) is 28.5 Å². The number of aromatic amines is 1. The van der Waals surface area contributed by atoms with E-state index in [0.29, 0.717) is 29.6 Å². The molecule has 0 spiro atoms. The number of nitrogens with one attached hydrogen (secondary N) is 1. The number of tetrazole rings is 1. The molecule has 0 aliphatic rings. The monoisotopic (exact) mass is 478 g/mol. The van der Waals surface area contributed by atoms with Crippen LogP contribution in [0.4, 0.5) is 0 Å². The lowest BCUT2D eigenvalue weighted by Gasteiger charge is -2.14. The highest BCUT2D eigenvalue weighted by Gasteiger charge is 2.18. The number of hydrogen-bond acceptors (Lipinski definition) is 7. The number of rotatable bonds is 8. The molecule has 9 heteroatoms. The molecule has 5 aromatic rings. The summed E-state index contributed by atoms with van der Waals surface area (Å²) in [6.07, 6.45) is 6.49. The van der Waals surface area contributed by atoms with Gasteiger partial charge in [-0.15, -0.1) is 5.10 Å². The molecule has 5 rings (SSSR count). The second kappa shape index (κ2) is 10.4. The minimum atomic E-state index is -0.118. The van der Waals surface area contributed by atoms with E-state index in [2.05, 4.69) is 61.8 Å². The summed E-state index contributed by atoms with van der Waals surface area (Å²) in [5.74, 6) is 1.55. The molecule has 0 fully saturated rings. The Morgan fingerprint density at radius 3 is 2.39 bits per heavy atom. The first-order chi connectivity index (χ1) is 17.7. The molecule has 180 valence electrons. The summed E-state index contributed by atoms with van der Waals surface area (Å²) >= 11 is 0. The molecule has 0 aliphatic carbocycles. The largest absolute Gasteiger partial charge is 0.268 e. The summed E-state index contributed by atoms with van der Waals surface area (Å²) in [5.41, 5.74) is 5.42. The SMILES string of the molecule is CCCCc1nc(C)n(-c2ncccn2)c(=O)c1Cc1ccc(-c2ccccc2-c2nnn[nH]2)cc1. The zero-order chi connectivity index (χ0) is 24.9. The molecule has 3 aromatic heterocycles. The van der Waals surface area contributed by atoms with Crippen LogP contribution in [0, 0.1) is 6.92 Å². The van der Waals surface area contributed by atoms with E-state index in [1.54, 1.807) is 18.5 Å². The van der Waals surface area contributed by atoms with Crippen molar-refractivity contribution in [1.82, 2.24) is 40.1 Å². The summed E-state index contributed by atoms with van der Waals surface area (Å²) in [6.45, 7) is 3.96. The molecule has 0 saturated carbocycles. The number of H-pyrrole nitrogens is 1. The van der Waals surface area contributed by atoms with Crippen LogP contribution in [0.1, 0.15) is 42.4 Å². The summed E-state index contributed by atoms with van der Waals surface area (Å²) in [7, 11) is 0. The van der Waals surface area contributed by atoms with E-state index in [1.165, 1.54) is 4.57 Å². The van der Waals surface area contributed by atoms with Gasteiger partial charge in [-0.3, -0.25) is 4.79 Å². The van der Waals surface area contributed by atoms with Crippen molar-refractivity contribution in [3.05, 3.63) is 100.0 Å². The molecule has 9 nitrogen and oxygen atoms in total. The molecule has 0 unspecified atom stereocenters. The van der Waals surface area contributed by atoms with Gasteiger partial charge >= 0.3 is 0 Å². The minimum Gasteiger partial charge on any atom is -0.268 e. The predicted molar refractivity (Wildman–Crippen MR) is 137 cm³/mol. The van der Waals surface area contributed by atoms with Crippen molar-refractivity contribution in [2.75, 3.05) is 0 Å². The average molecular weight is 479 g/mol. The van der Waals surface area contributed by atoms with Crippen LogP contribution in [0.3, 0.4) is 0 Å². The molecule has 1 N–H and O–H groups in total. The molecule has 0 amide bonds. The van der Waals surface area contributed by atoms with Crippen molar-refractivity contribution in [1.29, 1.82) is 0 Å². The van der Waals surface area contributed by atoms with Crippen molar-refractivity contribution in [2.45, 2.75) is 39.5 Å². The van der Waals surface area contributed by atoms with Gasteiger partial charge in [0.1, 0.15) is 5.82 Å². The Balaban J connectivity index is 1.51. The van der Waals surface area contributed by atoms with E-state index >= 15 is 0 Å². The summed E-state index contributed by atoms with van der Waals surface area (Å²) in [4.78, 5) is 27.0. The number of unbranched alkanes of at least 4 members (excludes halogenated alkanes) is 1. The smallest absolute Gasteiger partial charge is 0.264 e. The van der Waals surface area contributed by atoms with Crippen molar-refractivity contribution in [3.63, 3.8) is 0 Å². The molecular weight excluding hydrogens is 452 g/mol. The highest BCUT2D eigenvalue weighted by atomic mass is 16.1. The van der Waals surface area contributed by atoms with Gasteiger partial charge in [-0.25, -0.2) is 24.6 Å². The van der Waals surface area contributed by atoms with Gasteiger partial charge in [-0.05, 0) is 52.9 Å². The number of hydrogen-bond donors (Lipinski definition) is 1. The fourth-order valence-corrected chi connectivity index (χ4v) is 4.31. The summed E-state index contributed by atoms with van der Waals surface area (Å²) < 4.78 is 1.50. The zero-order valence-corrected chi connectivity index (χ0v) is 20.2. The fraction of sp³-hybridized carbons (Fsp3) is 0.222. The van der Waals surface area contributed by atoms with Crippen LogP contribution in [0.5, 0.6) is 0 Å². The fourth-order valence-electron chi connectivity index (χ4n) is 4.31. The van der Waals surface area contributed by atoms with Gasteiger partial charge in [-0.1, -0.05) is 61.9 Å². The Labute approximate surface area is 208 Å². The van der Waals surface area contributed by atoms with Crippen LogP contribution in [0.15, 0.2) is 71.8 Å². The van der Waals surface area contributed by atoms with Crippen molar-refractivity contribution >= 4 is 0 Å². The third-order valence-electron chi connectivity index (χ3n) is 6.12. The molecule has 0 radical (unpaired) electrons. The number of nitrogens with zero attached hydrogens (tertiary/aromatic N) is 7. The number of aryl methyl sites for hydroxylation is 2. The van der Waals surface area contributed by atoms with Crippen LogP contribution >= 0.6 is 0 Å². The zero-order valence-electron chi connectivity index (χ0n) is 20.2. The quantitative estimate of drug-likeness (QED) is 0.357. The highest BCUT2D eigenvalue weighted by Crippen LogP contribution is 2.30. The number of aromatic nitrogens is 8. The van der Waals surface area contributed by atoms with E-state index < -0.39 is 0 Å². The van der Waals surface area contributed by atoms with Gasteiger partial charge in [0.2, 0.25) is 5.95 Å². The first kappa shape index (κ1) is 23.2. The van der Waals surface area contributed by atoms with Gasteiger partial charge in [0, 0.05) is 29.9 Å². The Morgan fingerprint density at radius 1 is 0.944 bits per heavy atom. The van der Waals surface area contributed by atoms with E-state index in [9.17, 15) is 4.79 Å². The topological polar surface area (TPSA) is 115 Å². The molecular formula is C27H26N8O. The first-order valence-electron chi connectivity index (χ1n) is 12.0. The molecule has 0 aliphatic heterocycles. The molecule has 36 heavy (non-hydrogen) atoms. The molecule has 3 heterocycles. The van der Waals surface area contributed by atoms with Gasteiger partial charge in [0.05, 0.1) is 5.69 Å². The van der Waals surface area contributed by atoms with E-state index in [1.807, 2.05) is 31.2 Å². The molecule has 2 aromatic carbocycles. The molecule has 0 saturated heterocycles. The second-order valence-corrected chi connectivity index (χ2v) is 8.55. The van der Waals surface area contributed by atoms with Crippen LogP contribution < -0.4 is 5.56 Å². The highest BCUT2D eigenvalue weighted by molar-refractivity contribution is 5.80. The number of benzene rings is 2. The van der Waals surface area contributed by atoms with E-state index in [0.717, 1.165) is 47.2 Å². The molecule has 0 bridgehead atoms. The lowest BCUT2D eigenvalue weighted by molar-refractivity contribution is 0.721. The van der Waals surface area contributed by atoms with E-state index in [-0.39, 0.29) is 5.56 Å². The normalized spacial score (nSPS) is 11.1. The molecule has 0 atom stereocenters. The first-order valence-corrected chi connectivity index (χ1v) is 12.0. The lowest BCUT2D eigenvalue weighted by atomic mass is 9.96. The second-order valence-electron chi connectivity index (χ2n) is 8.55. The standard InChI is InChI=1S/C27H26N8O/c1-3-4-10-24-23(26(36)35(18(2)30-24)27-28-15-7-16-29-27)17-19-11-13-20(14-12-19)21-8-5-6-9-22(21)25-31-33-34-32-25/h5-9,11-16H,3-4,10,17H2,1-2H3,(H,31,32,33,34). The van der Waals surface area contributed by atoms with Gasteiger partial charge < -0.3 is 0 Å². The van der Waals surface area contributed by atoms with Crippen LogP contribution in [0.2, 0.25) is 0 Å². The van der Waals surface area contributed by atoms with Crippen LogP contribution in [-0.2, 0) is 12.8 Å². The Morgan fingerprint density at radius 2 is 1.69 bits per heavy atom. The minimum absolute atomic E-state index is 0.118. The van der Waals surface area contributed by atoms with Crippen LogP contribution in [0.25, 0.3) is 28.5 Å². The van der Waals surface area contributed by atoms with Gasteiger partial charge in [0.15, 0.2) is 5.82 Å². The maximum Gasteiger partial charge on any atom is 0.264 e. The van der Waals surface area contributed by atoms with Gasteiger partial charge in [-0.2, -0.15) is 0 Å². The Kier molecular flexibility index (Phi) is 6.70. The third kappa shape index (κ3) is 4.68. The Hall–Kier alpha value is -4.53. The summed E-state index contributed by atoms with van der Waals surface area (Å²) in [6, 6.07) is 17.9.